The van der Waals surface area contributed by atoms with Gasteiger partial charge in [0.25, 0.3) is 0 Å². The van der Waals surface area contributed by atoms with Crippen LogP contribution in [0.25, 0.3) is 11.0 Å². The summed E-state index contributed by atoms with van der Waals surface area (Å²) in [6.45, 7) is 6.45. The molecule has 0 unspecified atom stereocenters. The minimum atomic E-state index is -0.285. The van der Waals surface area contributed by atoms with Gasteiger partial charge in [-0.05, 0) is 38.6 Å². The number of aromatic nitrogens is 2. The van der Waals surface area contributed by atoms with Crippen LogP contribution in [0.1, 0.15) is 30.4 Å². The van der Waals surface area contributed by atoms with Gasteiger partial charge in [0.2, 0.25) is 5.91 Å². The highest BCUT2D eigenvalue weighted by Crippen LogP contribution is 2.29. The Balaban J connectivity index is 1.68. The molecule has 0 aliphatic carbocycles. The molecule has 5 nitrogen and oxygen atoms in total. The van der Waals surface area contributed by atoms with Crippen LogP contribution in [-0.4, -0.2) is 51.9 Å². The number of likely N-dealkylation sites (N-methyl/N-ethyl adjacent to an activating group) is 1. The lowest BCUT2D eigenvalue weighted by Gasteiger charge is -2.41. The van der Waals surface area contributed by atoms with Crippen molar-refractivity contribution in [2.45, 2.75) is 25.9 Å². The first-order chi connectivity index (χ1) is 13.1. The van der Waals surface area contributed by atoms with E-state index in [1.165, 1.54) is 5.56 Å². The van der Waals surface area contributed by atoms with Crippen LogP contribution in [0.4, 0.5) is 0 Å². The normalized spacial score (nSPS) is 19.4. The zero-order valence-electron chi connectivity index (χ0n) is 16.2. The third-order valence-corrected chi connectivity index (χ3v) is 5.57. The molecule has 1 saturated heterocycles. The number of benzene rings is 2. The molecule has 2 heterocycles. The number of aryl methyl sites for hydroxylation is 1. The summed E-state index contributed by atoms with van der Waals surface area (Å²) in [4.78, 5) is 22.5. The Morgan fingerprint density at radius 3 is 2.56 bits per heavy atom. The van der Waals surface area contributed by atoms with Gasteiger partial charge in [0.05, 0.1) is 17.1 Å². The zero-order valence-corrected chi connectivity index (χ0v) is 16.2. The van der Waals surface area contributed by atoms with Crippen molar-refractivity contribution in [1.29, 1.82) is 0 Å². The average molecular weight is 362 g/mol. The molecule has 2 aromatic carbocycles. The predicted octanol–water partition coefficient (Wildman–Crippen LogP) is 3.42. The number of imidazole rings is 1. The Morgan fingerprint density at radius 2 is 1.78 bits per heavy atom. The molecule has 2 atom stereocenters. The zero-order chi connectivity index (χ0) is 19.0. The molecule has 3 aromatic rings. The predicted molar refractivity (Wildman–Crippen MR) is 108 cm³/mol. The number of nitrogens with zero attached hydrogens (tertiary/aromatic N) is 4. The first-order valence-electron chi connectivity index (χ1n) is 9.54. The van der Waals surface area contributed by atoms with Gasteiger partial charge < -0.3 is 14.4 Å². The minimum absolute atomic E-state index is 0.0787. The Morgan fingerprint density at radius 1 is 1.07 bits per heavy atom. The SMILES string of the molecule is Cc1nc2ccccc2n1[C@@H](C)C(=O)N1CCN(C)C[C@H]1c1ccccc1. The number of para-hydroxylation sites is 2. The van der Waals surface area contributed by atoms with Crippen molar-refractivity contribution >= 4 is 16.9 Å². The quantitative estimate of drug-likeness (QED) is 0.717. The first kappa shape index (κ1) is 17.7. The number of piperazine rings is 1. The molecule has 1 aromatic heterocycles. The number of fused-ring (bicyclic) bond motifs is 1. The molecule has 0 N–H and O–H groups in total. The third kappa shape index (κ3) is 3.23. The van der Waals surface area contributed by atoms with Gasteiger partial charge >= 0.3 is 0 Å². The lowest BCUT2D eigenvalue weighted by molar-refractivity contribution is -0.139. The van der Waals surface area contributed by atoms with Crippen LogP contribution in [0.15, 0.2) is 54.6 Å². The van der Waals surface area contributed by atoms with Crippen molar-refractivity contribution in [1.82, 2.24) is 19.4 Å². The van der Waals surface area contributed by atoms with Crippen LogP contribution >= 0.6 is 0 Å². The van der Waals surface area contributed by atoms with Crippen LogP contribution in [0.3, 0.4) is 0 Å². The summed E-state index contributed by atoms with van der Waals surface area (Å²) in [5.74, 6) is 1.03. The van der Waals surface area contributed by atoms with Crippen molar-refractivity contribution < 1.29 is 4.79 Å². The van der Waals surface area contributed by atoms with E-state index in [-0.39, 0.29) is 18.0 Å². The maximum Gasteiger partial charge on any atom is 0.246 e. The smallest absolute Gasteiger partial charge is 0.246 e. The summed E-state index contributed by atoms with van der Waals surface area (Å²) < 4.78 is 2.07. The number of hydrogen-bond acceptors (Lipinski definition) is 3. The second kappa shape index (κ2) is 7.16. The largest absolute Gasteiger partial charge is 0.331 e. The molecule has 0 bridgehead atoms. The van der Waals surface area contributed by atoms with Gasteiger partial charge in [-0.2, -0.15) is 0 Å². The van der Waals surface area contributed by atoms with Crippen LogP contribution < -0.4 is 0 Å². The Kier molecular flexibility index (Phi) is 4.70. The molecule has 1 aliphatic rings. The first-order valence-corrected chi connectivity index (χ1v) is 9.54. The highest BCUT2D eigenvalue weighted by molar-refractivity contribution is 5.84. The van der Waals surface area contributed by atoms with Crippen LogP contribution in [0, 0.1) is 6.92 Å². The molecule has 27 heavy (non-hydrogen) atoms. The molecular weight excluding hydrogens is 336 g/mol. The van der Waals surface area contributed by atoms with Crippen LogP contribution in [0.2, 0.25) is 0 Å². The molecular formula is C22H26N4O. The average Bonchev–Trinajstić information content (AvgIpc) is 3.03. The lowest BCUT2D eigenvalue weighted by Crippen LogP contribution is -2.51. The number of carbonyl (C=O) groups is 1. The maximum atomic E-state index is 13.5. The van der Waals surface area contributed by atoms with Crippen molar-refractivity contribution in [3.8, 4) is 0 Å². The van der Waals surface area contributed by atoms with Gasteiger partial charge in [-0.25, -0.2) is 4.98 Å². The minimum Gasteiger partial charge on any atom is -0.331 e. The highest BCUT2D eigenvalue weighted by Gasteiger charge is 2.33. The van der Waals surface area contributed by atoms with Crippen molar-refractivity contribution in [3.63, 3.8) is 0 Å². The van der Waals surface area contributed by atoms with Crippen molar-refractivity contribution in [3.05, 3.63) is 66.0 Å². The second-order valence-corrected chi connectivity index (χ2v) is 7.41. The topological polar surface area (TPSA) is 41.4 Å². The van der Waals surface area contributed by atoms with Gasteiger partial charge in [0, 0.05) is 19.6 Å². The van der Waals surface area contributed by atoms with E-state index >= 15 is 0 Å². The monoisotopic (exact) mass is 362 g/mol. The van der Waals surface area contributed by atoms with E-state index in [1.54, 1.807) is 0 Å². The van der Waals surface area contributed by atoms with Gasteiger partial charge in [0.15, 0.2) is 0 Å². The molecule has 5 heteroatoms. The summed E-state index contributed by atoms with van der Waals surface area (Å²) in [6.07, 6.45) is 0. The van der Waals surface area contributed by atoms with Crippen molar-refractivity contribution in [2.24, 2.45) is 0 Å². The number of rotatable bonds is 3. The summed E-state index contributed by atoms with van der Waals surface area (Å²) in [5.41, 5.74) is 3.14. The fourth-order valence-corrected chi connectivity index (χ4v) is 4.15. The van der Waals surface area contributed by atoms with Crippen LogP contribution in [0.5, 0.6) is 0 Å². The molecule has 0 radical (unpaired) electrons. The van der Waals surface area contributed by atoms with Gasteiger partial charge in [0.1, 0.15) is 11.9 Å². The fourth-order valence-electron chi connectivity index (χ4n) is 4.15. The lowest BCUT2D eigenvalue weighted by atomic mass is 10.0. The third-order valence-electron chi connectivity index (χ3n) is 5.57. The molecule has 1 aliphatic heterocycles. The summed E-state index contributed by atoms with van der Waals surface area (Å²) in [5, 5.41) is 0. The molecule has 1 fully saturated rings. The van der Waals surface area contributed by atoms with Gasteiger partial charge in [-0.1, -0.05) is 42.5 Å². The Hall–Kier alpha value is -2.66. The van der Waals surface area contributed by atoms with Gasteiger partial charge in [-0.15, -0.1) is 0 Å². The van der Waals surface area contributed by atoms with Crippen molar-refractivity contribution in [2.75, 3.05) is 26.7 Å². The molecule has 0 spiro atoms. The molecule has 4 rings (SSSR count). The number of hydrogen-bond donors (Lipinski definition) is 0. The Bertz CT molecular complexity index is 949. The summed E-state index contributed by atoms with van der Waals surface area (Å²) >= 11 is 0. The number of carbonyl (C=O) groups excluding carboxylic acids is 1. The summed E-state index contributed by atoms with van der Waals surface area (Å²) in [7, 11) is 2.12. The molecule has 0 saturated carbocycles. The maximum absolute atomic E-state index is 13.5. The van der Waals surface area contributed by atoms with E-state index in [4.69, 9.17) is 0 Å². The van der Waals surface area contributed by atoms with Crippen LogP contribution in [-0.2, 0) is 4.79 Å². The van der Waals surface area contributed by atoms with E-state index in [1.807, 2.05) is 61.2 Å². The van der Waals surface area contributed by atoms with E-state index in [2.05, 4.69) is 33.6 Å². The Labute approximate surface area is 160 Å². The second-order valence-electron chi connectivity index (χ2n) is 7.41. The molecule has 140 valence electrons. The van der Waals surface area contributed by atoms with Gasteiger partial charge in [-0.3, -0.25) is 4.79 Å². The van der Waals surface area contributed by atoms with E-state index in [9.17, 15) is 4.79 Å². The standard InChI is InChI=1S/C22H26N4O/c1-16(26-17(2)23-19-11-7-8-12-20(19)26)22(27)25-14-13-24(3)15-21(25)18-9-5-4-6-10-18/h4-12,16,21H,13-15H2,1-3H3/t16-,21-/m0/s1. The number of amides is 1. The van der Waals surface area contributed by atoms with E-state index < -0.39 is 0 Å². The van der Waals surface area contributed by atoms with E-state index in [0.717, 1.165) is 36.5 Å². The van der Waals surface area contributed by atoms with E-state index in [0.29, 0.717) is 0 Å². The molecule has 1 amide bonds. The summed E-state index contributed by atoms with van der Waals surface area (Å²) in [6, 6.07) is 18.2. The fraction of sp³-hybridized carbons (Fsp3) is 0.364. The highest BCUT2D eigenvalue weighted by atomic mass is 16.2.